The second kappa shape index (κ2) is 7.06. The molecule has 3 aromatic heterocycles. The van der Waals surface area contributed by atoms with E-state index in [0.29, 0.717) is 11.8 Å². The van der Waals surface area contributed by atoms with Crippen LogP contribution in [0.15, 0.2) is 30.6 Å². The Morgan fingerprint density at radius 2 is 1.88 bits per heavy atom. The normalized spacial score (nSPS) is 11.5. The van der Waals surface area contributed by atoms with Gasteiger partial charge in [-0.1, -0.05) is 0 Å². The van der Waals surface area contributed by atoms with E-state index in [1.54, 1.807) is 12.1 Å². The number of alkyl halides is 4. The molecule has 10 heteroatoms. The average Bonchev–Trinajstić information content (AvgIpc) is 2.90. The van der Waals surface area contributed by atoms with E-state index < -0.39 is 30.0 Å². The fourth-order valence-electron chi connectivity index (χ4n) is 2.57. The molecule has 0 aliphatic heterocycles. The van der Waals surface area contributed by atoms with Crippen LogP contribution in [-0.4, -0.2) is 25.7 Å². The fourth-order valence-corrected chi connectivity index (χ4v) is 2.57. The lowest BCUT2D eigenvalue weighted by Gasteiger charge is -2.08. The van der Waals surface area contributed by atoms with Gasteiger partial charge in [-0.15, -0.1) is 0 Å². The molecule has 0 bridgehead atoms. The number of aryl methyl sites for hydroxylation is 1. The molecule has 0 unspecified atom stereocenters. The highest BCUT2D eigenvalue weighted by Crippen LogP contribution is 2.32. The van der Waals surface area contributed by atoms with Gasteiger partial charge in [0.25, 0.3) is 12.9 Å². The number of amides is 1. The summed E-state index contributed by atoms with van der Waals surface area (Å²) >= 11 is 0. The van der Waals surface area contributed by atoms with E-state index >= 15 is 0 Å². The molecular formula is C16H13F4N5O. The molecule has 0 radical (unpaired) electrons. The summed E-state index contributed by atoms with van der Waals surface area (Å²) in [5.41, 5.74) is -0.888. The highest BCUT2D eigenvalue weighted by atomic mass is 19.3. The van der Waals surface area contributed by atoms with Crippen molar-refractivity contribution in [1.29, 1.82) is 0 Å². The second-order valence-corrected chi connectivity index (χ2v) is 5.46. The molecule has 3 aromatic rings. The Bertz CT molecular complexity index is 943. The van der Waals surface area contributed by atoms with Gasteiger partial charge in [-0.05, 0) is 25.1 Å². The zero-order valence-electron chi connectivity index (χ0n) is 13.5. The molecule has 136 valence electrons. The van der Waals surface area contributed by atoms with Crippen molar-refractivity contribution in [2.75, 3.05) is 5.32 Å². The van der Waals surface area contributed by atoms with Gasteiger partial charge in [0.2, 0.25) is 5.91 Å². The molecule has 0 aliphatic rings. The van der Waals surface area contributed by atoms with E-state index in [1.807, 2.05) is 0 Å². The van der Waals surface area contributed by atoms with Gasteiger partial charge in [0.15, 0.2) is 5.65 Å². The molecule has 0 saturated carbocycles. The summed E-state index contributed by atoms with van der Waals surface area (Å²) < 4.78 is 53.6. The maximum absolute atomic E-state index is 13.3. The Balaban J connectivity index is 1.99. The zero-order chi connectivity index (χ0) is 18.8. The maximum atomic E-state index is 13.3. The number of pyridine rings is 2. The standard InChI is InChI=1S/C16H13F4N5O/c1-8-13-10(14(17)18)6-11(15(19)20)23-16(13)25(24-8)7-12(26)22-9-2-4-21-5-3-9/h2-6,14-15H,7H2,1H3,(H,21,22,26). The number of carbonyl (C=O) groups is 1. The van der Waals surface area contributed by atoms with Crippen molar-refractivity contribution in [3.8, 4) is 0 Å². The van der Waals surface area contributed by atoms with Gasteiger partial charge in [-0.25, -0.2) is 27.2 Å². The minimum absolute atomic E-state index is 0.0267. The van der Waals surface area contributed by atoms with Crippen molar-refractivity contribution in [3.05, 3.63) is 47.5 Å². The molecule has 0 saturated heterocycles. The number of anilines is 1. The molecule has 1 N–H and O–H groups in total. The number of fused-ring (bicyclic) bond motifs is 1. The molecule has 6 nitrogen and oxygen atoms in total. The number of nitrogens with zero attached hydrogens (tertiary/aromatic N) is 4. The van der Waals surface area contributed by atoms with Crippen LogP contribution in [0.5, 0.6) is 0 Å². The number of hydrogen-bond acceptors (Lipinski definition) is 4. The van der Waals surface area contributed by atoms with Crippen molar-refractivity contribution >= 4 is 22.6 Å². The minimum Gasteiger partial charge on any atom is -0.324 e. The molecule has 1 amide bonds. The third-order valence-electron chi connectivity index (χ3n) is 3.64. The predicted molar refractivity (Wildman–Crippen MR) is 85.0 cm³/mol. The van der Waals surface area contributed by atoms with E-state index in [9.17, 15) is 22.4 Å². The van der Waals surface area contributed by atoms with E-state index in [4.69, 9.17) is 0 Å². The van der Waals surface area contributed by atoms with Crippen LogP contribution in [0.25, 0.3) is 11.0 Å². The van der Waals surface area contributed by atoms with Gasteiger partial charge in [0.1, 0.15) is 12.2 Å². The maximum Gasteiger partial charge on any atom is 0.280 e. The van der Waals surface area contributed by atoms with Gasteiger partial charge in [-0.3, -0.25) is 9.78 Å². The highest BCUT2D eigenvalue weighted by molar-refractivity contribution is 5.92. The highest BCUT2D eigenvalue weighted by Gasteiger charge is 2.23. The van der Waals surface area contributed by atoms with Crippen molar-refractivity contribution in [3.63, 3.8) is 0 Å². The number of carbonyl (C=O) groups excluding carboxylic acids is 1. The van der Waals surface area contributed by atoms with E-state index in [-0.39, 0.29) is 23.3 Å². The summed E-state index contributed by atoms with van der Waals surface area (Å²) in [7, 11) is 0. The molecule has 0 atom stereocenters. The van der Waals surface area contributed by atoms with Crippen LogP contribution >= 0.6 is 0 Å². The van der Waals surface area contributed by atoms with E-state index in [2.05, 4.69) is 20.4 Å². The van der Waals surface area contributed by atoms with E-state index in [0.717, 1.165) is 4.68 Å². The molecule has 26 heavy (non-hydrogen) atoms. The Kier molecular flexibility index (Phi) is 4.83. The molecule has 0 aliphatic carbocycles. The van der Waals surface area contributed by atoms with Crippen molar-refractivity contribution < 1.29 is 22.4 Å². The Hall–Kier alpha value is -3.04. The number of halogens is 4. The van der Waals surface area contributed by atoms with Crippen LogP contribution in [0.3, 0.4) is 0 Å². The van der Waals surface area contributed by atoms with Crippen molar-refractivity contribution in [2.24, 2.45) is 0 Å². The topological polar surface area (TPSA) is 72.7 Å². The molecule has 0 aromatic carbocycles. The summed E-state index contributed by atoms with van der Waals surface area (Å²) in [6.07, 6.45) is -3.03. The molecule has 0 spiro atoms. The summed E-state index contributed by atoms with van der Waals surface area (Å²) in [4.78, 5) is 19.7. The first-order valence-corrected chi connectivity index (χ1v) is 7.51. The monoisotopic (exact) mass is 367 g/mol. The summed E-state index contributed by atoms with van der Waals surface area (Å²) in [5, 5.41) is 6.57. The average molecular weight is 367 g/mol. The van der Waals surface area contributed by atoms with Gasteiger partial charge < -0.3 is 5.32 Å². The lowest BCUT2D eigenvalue weighted by Crippen LogP contribution is -2.20. The first kappa shape index (κ1) is 17.8. The van der Waals surface area contributed by atoms with Crippen LogP contribution in [0.2, 0.25) is 0 Å². The van der Waals surface area contributed by atoms with Gasteiger partial charge in [0.05, 0.1) is 11.1 Å². The van der Waals surface area contributed by atoms with Crippen LogP contribution < -0.4 is 5.32 Å². The second-order valence-electron chi connectivity index (χ2n) is 5.46. The minimum atomic E-state index is -3.02. The van der Waals surface area contributed by atoms with Crippen LogP contribution in [0, 0.1) is 6.92 Å². The molecule has 3 heterocycles. The van der Waals surface area contributed by atoms with Gasteiger partial charge in [-0.2, -0.15) is 5.10 Å². The smallest absolute Gasteiger partial charge is 0.280 e. The van der Waals surface area contributed by atoms with Crippen molar-refractivity contribution in [1.82, 2.24) is 19.7 Å². The van der Waals surface area contributed by atoms with Gasteiger partial charge in [0, 0.05) is 23.6 Å². The number of hydrogen-bond donors (Lipinski definition) is 1. The third kappa shape index (κ3) is 3.48. The SMILES string of the molecule is Cc1nn(CC(=O)Nc2ccncc2)c2nc(C(F)F)cc(C(F)F)c12. The fraction of sp³-hybridized carbons (Fsp3) is 0.250. The molecule has 0 fully saturated rings. The zero-order valence-corrected chi connectivity index (χ0v) is 13.5. The quantitative estimate of drug-likeness (QED) is 0.699. The Morgan fingerprint density at radius 3 is 2.50 bits per heavy atom. The largest absolute Gasteiger partial charge is 0.324 e. The number of aromatic nitrogens is 4. The van der Waals surface area contributed by atoms with Gasteiger partial charge >= 0.3 is 0 Å². The van der Waals surface area contributed by atoms with E-state index in [1.165, 1.54) is 19.3 Å². The summed E-state index contributed by atoms with van der Waals surface area (Å²) in [6, 6.07) is 3.80. The summed E-state index contributed by atoms with van der Waals surface area (Å²) in [5.74, 6) is -0.511. The lowest BCUT2D eigenvalue weighted by atomic mass is 10.1. The van der Waals surface area contributed by atoms with Crippen LogP contribution in [0.1, 0.15) is 29.8 Å². The van der Waals surface area contributed by atoms with Crippen LogP contribution in [0.4, 0.5) is 23.2 Å². The van der Waals surface area contributed by atoms with Crippen LogP contribution in [-0.2, 0) is 11.3 Å². The third-order valence-corrected chi connectivity index (χ3v) is 3.64. The first-order valence-electron chi connectivity index (χ1n) is 7.51. The molecule has 3 rings (SSSR count). The Morgan fingerprint density at radius 1 is 1.19 bits per heavy atom. The number of rotatable bonds is 5. The lowest BCUT2D eigenvalue weighted by molar-refractivity contribution is -0.116. The molecular weight excluding hydrogens is 354 g/mol. The van der Waals surface area contributed by atoms with Crippen molar-refractivity contribution in [2.45, 2.75) is 26.3 Å². The predicted octanol–water partition coefficient (Wildman–Crippen LogP) is 3.65. The first-order chi connectivity index (χ1) is 12.4. The summed E-state index contributed by atoms with van der Waals surface area (Å²) in [6.45, 7) is 1.09. The number of nitrogens with one attached hydrogen (secondary N) is 1. The Labute approximate surface area is 144 Å².